The summed E-state index contributed by atoms with van der Waals surface area (Å²) in [5, 5.41) is 3.26. The summed E-state index contributed by atoms with van der Waals surface area (Å²) in [4.78, 5) is 17.8. The monoisotopic (exact) mass is 393 g/mol. The lowest BCUT2D eigenvalue weighted by Crippen LogP contribution is -2.62. The Morgan fingerprint density at radius 3 is 2.59 bits per heavy atom. The number of amides is 1. The maximum absolute atomic E-state index is 12.9. The first-order chi connectivity index (χ1) is 14.2. The van der Waals surface area contributed by atoms with Gasteiger partial charge in [0.25, 0.3) is 5.91 Å². The molecule has 1 amide bonds. The van der Waals surface area contributed by atoms with Gasteiger partial charge in [0.15, 0.2) is 5.76 Å². The van der Waals surface area contributed by atoms with Crippen LogP contribution in [0, 0.1) is 5.92 Å². The molecule has 0 saturated carbocycles. The fourth-order valence-electron chi connectivity index (χ4n) is 5.39. The van der Waals surface area contributed by atoms with Gasteiger partial charge in [-0.3, -0.25) is 9.69 Å². The Morgan fingerprint density at radius 2 is 1.83 bits per heavy atom. The maximum atomic E-state index is 12.9. The van der Waals surface area contributed by atoms with Gasteiger partial charge in [-0.25, -0.2) is 0 Å². The fourth-order valence-corrected chi connectivity index (χ4v) is 5.39. The second-order valence-electron chi connectivity index (χ2n) is 8.88. The van der Waals surface area contributed by atoms with E-state index >= 15 is 0 Å². The standard InChI is InChI=1S/C24H31N3O2/c1-17-23(18-10-14-26(17)15-11-18)25-24(28)22-9-8-21(29-22)19-6-5-7-20(16-19)27-12-3-2-4-13-27/h5-9,16-18,23H,2-4,10-15H2,1H3,(H,25,28). The predicted molar refractivity (Wildman–Crippen MR) is 115 cm³/mol. The van der Waals surface area contributed by atoms with E-state index in [0.717, 1.165) is 37.5 Å². The van der Waals surface area contributed by atoms with E-state index in [0.29, 0.717) is 17.7 Å². The third kappa shape index (κ3) is 3.68. The average molecular weight is 394 g/mol. The molecule has 2 atom stereocenters. The summed E-state index contributed by atoms with van der Waals surface area (Å²) >= 11 is 0. The van der Waals surface area contributed by atoms with Crippen molar-refractivity contribution in [3.63, 3.8) is 0 Å². The second kappa shape index (κ2) is 7.86. The van der Waals surface area contributed by atoms with Crippen molar-refractivity contribution in [3.8, 4) is 11.3 Å². The number of hydrogen-bond acceptors (Lipinski definition) is 4. The molecule has 1 N–H and O–H groups in total. The van der Waals surface area contributed by atoms with Gasteiger partial charge in [0.1, 0.15) is 5.76 Å². The summed E-state index contributed by atoms with van der Waals surface area (Å²) < 4.78 is 5.99. The highest BCUT2D eigenvalue weighted by Crippen LogP contribution is 2.33. The van der Waals surface area contributed by atoms with Crippen LogP contribution in [0.15, 0.2) is 40.8 Å². The lowest BCUT2D eigenvalue weighted by molar-refractivity contribution is 0.0211. The van der Waals surface area contributed by atoms with Crippen molar-refractivity contribution in [1.82, 2.24) is 10.2 Å². The molecule has 5 heteroatoms. The minimum atomic E-state index is -0.0889. The number of carbonyl (C=O) groups is 1. The molecule has 0 spiro atoms. The van der Waals surface area contributed by atoms with Crippen LogP contribution >= 0.6 is 0 Å². The van der Waals surface area contributed by atoms with Gasteiger partial charge in [-0.15, -0.1) is 0 Å². The van der Waals surface area contributed by atoms with Crippen LogP contribution in [0.2, 0.25) is 0 Å². The van der Waals surface area contributed by atoms with Crippen molar-refractivity contribution < 1.29 is 9.21 Å². The minimum absolute atomic E-state index is 0.0889. The van der Waals surface area contributed by atoms with Gasteiger partial charge in [0.05, 0.1) is 0 Å². The quantitative estimate of drug-likeness (QED) is 0.848. The van der Waals surface area contributed by atoms with Gasteiger partial charge in [0.2, 0.25) is 0 Å². The molecule has 4 aliphatic heterocycles. The summed E-state index contributed by atoms with van der Waals surface area (Å²) in [7, 11) is 0. The Hall–Kier alpha value is -2.27. The van der Waals surface area contributed by atoms with Crippen molar-refractivity contribution in [2.45, 2.75) is 51.1 Å². The van der Waals surface area contributed by atoms with E-state index in [9.17, 15) is 4.79 Å². The Kier molecular flexibility index (Phi) is 5.08. The molecule has 0 radical (unpaired) electrons. The molecule has 4 aliphatic rings. The van der Waals surface area contributed by atoms with Gasteiger partial charge in [0, 0.05) is 36.4 Å². The van der Waals surface area contributed by atoms with Crippen LogP contribution in [0.5, 0.6) is 0 Å². The molecule has 2 aromatic rings. The second-order valence-corrected chi connectivity index (χ2v) is 8.88. The molecule has 0 aliphatic carbocycles. The van der Waals surface area contributed by atoms with Crippen molar-refractivity contribution in [1.29, 1.82) is 0 Å². The van der Waals surface area contributed by atoms with Crippen LogP contribution in [0.1, 0.15) is 49.6 Å². The summed E-state index contributed by atoms with van der Waals surface area (Å²) in [6.45, 7) is 6.79. The first-order valence-corrected chi connectivity index (χ1v) is 11.2. The number of benzene rings is 1. The zero-order chi connectivity index (χ0) is 19.8. The van der Waals surface area contributed by atoms with E-state index in [4.69, 9.17) is 4.42 Å². The molecular formula is C24H31N3O2. The van der Waals surface area contributed by atoms with Crippen LogP contribution in [0.25, 0.3) is 11.3 Å². The molecular weight excluding hydrogens is 362 g/mol. The highest BCUT2D eigenvalue weighted by molar-refractivity contribution is 5.92. The Balaban J connectivity index is 1.30. The van der Waals surface area contributed by atoms with Crippen molar-refractivity contribution >= 4 is 11.6 Å². The summed E-state index contributed by atoms with van der Waals surface area (Å²) in [6.07, 6.45) is 6.20. The molecule has 29 heavy (non-hydrogen) atoms. The molecule has 4 fully saturated rings. The number of hydrogen-bond donors (Lipinski definition) is 1. The Morgan fingerprint density at radius 1 is 1.03 bits per heavy atom. The van der Waals surface area contributed by atoms with Crippen LogP contribution in [-0.4, -0.2) is 49.1 Å². The first kappa shape index (κ1) is 18.7. The van der Waals surface area contributed by atoms with Crippen LogP contribution in [-0.2, 0) is 0 Å². The van der Waals surface area contributed by atoms with E-state index in [2.05, 4.69) is 46.3 Å². The number of rotatable bonds is 4. The Labute approximate surface area is 173 Å². The predicted octanol–water partition coefficient (Wildman–Crippen LogP) is 4.15. The fraction of sp³-hybridized carbons (Fsp3) is 0.542. The number of fused-ring (bicyclic) bond motifs is 3. The number of furan rings is 1. The van der Waals surface area contributed by atoms with Crippen LogP contribution in [0.3, 0.4) is 0 Å². The van der Waals surface area contributed by atoms with Crippen LogP contribution < -0.4 is 10.2 Å². The SMILES string of the molecule is CC1C(NC(=O)c2ccc(-c3cccc(N4CCCCC4)c3)o2)C2CCN1CC2. The number of nitrogens with zero attached hydrogens (tertiary/aromatic N) is 2. The van der Waals surface area contributed by atoms with Gasteiger partial charge < -0.3 is 14.6 Å². The van der Waals surface area contributed by atoms with Crippen molar-refractivity contribution in [2.75, 3.05) is 31.1 Å². The van der Waals surface area contributed by atoms with E-state index in [1.165, 1.54) is 37.8 Å². The number of carbonyl (C=O) groups excluding carboxylic acids is 1. The molecule has 2 bridgehead atoms. The summed E-state index contributed by atoms with van der Waals surface area (Å²) in [5.74, 6) is 1.67. The number of nitrogens with one attached hydrogen (secondary N) is 1. The topological polar surface area (TPSA) is 48.7 Å². The number of anilines is 1. The average Bonchev–Trinajstić information content (AvgIpc) is 3.28. The Bertz CT molecular complexity index is 861. The molecule has 5 nitrogen and oxygen atoms in total. The molecule has 154 valence electrons. The van der Waals surface area contributed by atoms with E-state index in [-0.39, 0.29) is 11.9 Å². The minimum Gasteiger partial charge on any atom is -0.451 e. The van der Waals surface area contributed by atoms with Gasteiger partial charge in [-0.05, 0) is 82.3 Å². The molecule has 1 aromatic carbocycles. The number of piperidine rings is 4. The van der Waals surface area contributed by atoms with Gasteiger partial charge in [-0.2, -0.15) is 0 Å². The molecule has 4 saturated heterocycles. The smallest absolute Gasteiger partial charge is 0.287 e. The third-order valence-corrected chi connectivity index (χ3v) is 7.16. The van der Waals surface area contributed by atoms with Crippen molar-refractivity contribution in [2.24, 2.45) is 5.92 Å². The summed E-state index contributed by atoms with van der Waals surface area (Å²) in [5.41, 5.74) is 2.27. The van der Waals surface area contributed by atoms with Crippen molar-refractivity contribution in [3.05, 3.63) is 42.2 Å². The lowest BCUT2D eigenvalue weighted by Gasteiger charge is -2.49. The van der Waals surface area contributed by atoms with Gasteiger partial charge >= 0.3 is 0 Å². The van der Waals surface area contributed by atoms with Crippen LogP contribution in [0.4, 0.5) is 5.69 Å². The highest BCUT2D eigenvalue weighted by Gasteiger charge is 2.40. The molecule has 6 rings (SSSR count). The normalized spacial score (nSPS) is 29.1. The molecule has 1 aromatic heterocycles. The maximum Gasteiger partial charge on any atom is 0.287 e. The van der Waals surface area contributed by atoms with E-state index in [1.54, 1.807) is 0 Å². The first-order valence-electron chi connectivity index (χ1n) is 11.2. The zero-order valence-corrected chi connectivity index (χ0v) is 17.3. The lowest BCUT2D eigenvalue weighted by atomic mass is 9.79. The zero-order valence-electron chi connectivity index (χ0n) is 17.3. The van der Waals surface area contributed by atoms with E-state index < -0.39 is 0 Å². The van der Waals surface area contributed by atoms with E-state index in [1.807, 2.05) is 12.1 Å². The largest absolute Gasteiger partial charge is 0.451 e. The molecule has 2 unspecified atom stereocenters. The molecule has 5 heterocycles. The summed E-state index contributed by atoms with van der Waals surface area (Å²) in [6, 6.07) is 12.8. The highest BCUT2D eigenvalue weighted by atomic mass is 16.3. The third-order valence-electron chi connectivity index (χ3n) is 7.16. The van der Waals surface area contributed by atoms with Gasteiger partial charge in [-0.1, -0.05) is 12.1 Å².